The zero-order valence-corrected chi connectivity index (χ0v) is 14.7. The number of ether oxygens (including phenoxy) is 2. The van der Waals surface area contributed by atoms with Gasteiger partial charge >= 0.3 is 0 Å². The first-order valence-electron chi connectivity index (χ1n) is 8.70. The van der Waals surface area contributed by atoms with Crippen LogP contribution in [0.3, 0.4) is 0 Å². The predicted octanol–water partition coefficient (Wildman–Crippen LogP) is 3.81. The Balaban J connectivity index is 1.77. The Morgan fingerprint density at radius 1 is 1.00 bits per heavy atom. The van der Waals surface area contributed by atoms with E-state index >= 15 is 0 Å². The maximum atomic E-state index is 12.3. The van der Waals surface area contributed by atoms with E-state index in [-0.39, 0.29) is 6.42 Å². The van der Waals surface area contributed by atoms with Gasteiger partial charge in [0.2, 0.25) is 0 Å². The van der Waals surface area contributed by atoms with Crippen molar-refractivity contribution in [2.75, 3.05) is 5.32 Å². The lowest BCUT2D eigenvalue weighted by Crippen LogP contribution is -2.30. The zero-order chi connectivity index (χ0) is 19.0. The molecule has 3 aromatic carbocycles. The largest absolute Gasteiger partial charge is 0.449 e. The molecule has 0 aromatic heterocycles. The molecule has 2 atom stereocenters. The molecule has 2 unspecified atom stereocenters. The van der Waals surface area contributed by atoms with Crippen LogP contribution in [0.1, 0.15) is 13.3 Å². The van der Waals surface area contributed by atoms with Gasteiger partial charge in [0, 0.05) is 11.8 Å². The van der Waals surface area contributed by atoms with Gasteiger partial charge in [0.15, 0.2) is 23.0 Å². The molecule has 1 heterocycles. The molecule has 1 amide bonds. The normalized spacial score (nSPS) is 14.3. The van der Waals surface area contributed by atoms with Crippen molar-refractivity contribution < 1.29 is 24.5 Å². The van der Waals surface area contributed by atoms with E-state index in [9.17, 15) is 15.0 Å². The minimum atomic E-state index is -1.33. The van der Waals surface area contributed by atoms with Crippen LogP contribution in [0.15, 0.2) is 54.6 Å². The molecular formula is C21H19NO5. The number of carbonyl (C=O) groups excluding carboxylic acids is 1. The van der Waals surface area contributed by atoms with Crippen molar-refractivity contribution in [3.8, 4) is 23.0 Å². The minimum absolute atomic E-state index is 0.0538. The molecule has 138 valence electrons. The Morgan fingerprint density at radius 2 is 1.63 bits per heavy atom. The molecule has 0 bridgehead atoms. The third-order valence-corrected chi connectivity index (χ3v) is 4.35. The Morgan fingerprint density at radius 3 is 2.33 bits per heavy atom. The molecule has 1 aliphatic rings. The van der Waals surface area contributed by atoms with Gasteiger partial charge in [0.05, 0.1) is 11.8 Å². The molecule has 0 radical (unpaired) electrons. The van der Waals surface area contributed by atoms with Crippen molar-refractivity contribution in [2.45, 2.75) is 25.6 Å². The van der Waals surface area contributed by atoms with E-state index in [2.05, 4.69) is 5.32 Å². The lowest BCUT2D eigenvalue weighted by atomic mass is 10.1. The topological polar surface area (TPSA) is 88.0 Å². The summed E-state index contributed by atoms with van der Waals surface area (Å²) in [6.45, 7) is 1.52. The summed E-state index contributed by atoms with van der Waals surface area (Å²) in [7, 11) is 0. The summed E-state index contributed by atoms with van der Waals surface area (Å²) in [5, 5.41) is 23.8. The van der Waals surface area contributed by atoms with Crippen LogP contribution >= 0.6 is 0 Å². The number of nitrogens with one attached hydrogen (secondary N) is 1. The fourth-order valence-corrected chi connectivity index (χ4v) is 3.08. The molecule has 0 aliphatic carbocycles. The van der Waals surface area contributed by atoms with Crippen LogP contribution in [-0.2, 0) is 4.79 Å². The van der Waals surface area contributed by atoms with Crippen molar-refractivity contribution in [1.29, 1.82) is 0 Å². The molecule has 1 aliphatic heterocycles. The average Bonchev–Trinajstić information content (AvgIpc) is 2.66. The number of anilines is 1. The van der Waals surface area contributed by atoms with Crippen molar-refractivity contribution >= 4 is 22.4 Å². The van der Waals surface area contributed by atoms with E-state index in [1.807, 2.05) is 42.5 Å². The van der Waals surface area contributed by atoms with Crippen molar-refractivity contribution in [3.05, 3.63) is 54.6 Å². The van der Waals surface area contributed by atoms with Gasteiger partial charge in [-0.3, -0.25) is 4.79 Å². The summed E-state index contributed by atoms with van der Waals surface area (Å²) in [4.78, 5) is 12.3. The number of hydrogen-bond donors (Lipinski definition) is 3. The van der Waals surface area contributed by atoms with E-state index in [0.29, 0.717) is 28.7 Å². The molecule has 0 saturated heterocycles. The lowest BCUT2D eigenvalue weighted by molar-refractivity contribution is -0.125. The SMILES string of the molecule is CC(O)CC(O)C(=O)Nc1cc2ccccc2c2c1Oc1ccccc1O2. The van der Waals surface area contributed by atoms with Gasteiger partial charge in [0.1, 0.15) is 6.10 Å². The molecule has 0 spiro atoms. The average molecular weight is 365 g/mol. The molecule has 27 heavy (non-hydrogen) atoms. The summed E-state index contributed by atoms with van der Waals surface area (Å²) in [5.41, 5.74) is 0.396. The van der Waals surface area contributed by atoms with E-state index in [0.717, 1.165) is 10.8 Å². The Hall–Kier alpha value is -3.09. The first-order valence-corrected chi connectivity index (χ1v) is 8.70. The highest BCUT2D eigenvalue weighted by Crippen LogP contribution is 2.52. The molecule has 6 nitrogen and oxygen atoms in total. The molecule has 3 aromatic rings. The van der Waals surface area contributed by atoms with Crippen LogP contribution in [0.2, 0.25) is 0 Å². The quantitative estimate of drug-likeness (QED) is 0.512. The van der Waals surface area contributed by atoms with Crippen molar-refractivity contribution in [2.24, 2.45) is 0 Å². The highest BCUT2D eigenvalue weighted by molar-refractivity contribution is 6.02. The number of fused-ring (bicyclic) bond motifs is 4. The number of aliphatic hydroxyl groups excluding tert-OH is 2. The second-order valence-corrected chi connectivity index (χ2v) is 6.54. The molecule has 4 rings (SSSR count). The van der Waals surface area contributed by atoms with Crippen molar-refractivity contribution in [3.63, 3.8) is 0 Å². The number of carbonyl (C=O) groups is 1. The van der Waals surface area contributed by atoms with Gasteiger partial charge in [0.25, 0.3) is 5.91 Å². The number of para-hydroxylation sites is 2. The molecule has 0 fully saturated rings. The summed E-state index contributed by atoms with van der Waals surface area (Å²) in [6, 6.07) is 16.7. The van der Waals surface area contributed by atoms with E-state index in [1.54, 1.807) is 12.1 Å². The van der Waals surface area contributed by atoms with E-state index < -0.39 is 18.1 Å². The maximum absolute atomic E-state index is 12.3. The summed E-state index contributed by atoms with van der Waals surface area (Å²) in [6.07, 6.45) is -2.17. The van der Waals surface area contributed by atoms with Gasteiger partial charge < -0.3 is 25.0 Å². The second-order valence-electron chi connectivity index (χ2n) is 6.54. The fraction of sp³-hybridized carbons (Fsp3) is 0.190. The first-order chi connectivity index (χ1) is 13.0. The molecule has 3 N–H and O–H groups in total. The maximum Gasteiger partial charge on any atom is 0.253 e. The smallest absolute Gasteiger partial charge is 0.253 e. The van der Waals surface area contributed by atoms with Gasteiger partial charge in [-0.05, 0) is 30.5 Å². The van der Waals surface area contributed by atoms with Crippen LogP contribution in [0.25, 0.3) is 10.8 Å². The van der Waals surface area contributed by atoms with Crippen LogP contribution < -0.4 is 14.8 Å². The highest BCUT2D eigenvalue weighted by Gasteiger charge is 2.26. The lowest BCUT2D eigenvalue weighted by Gasteiger charge is -2.24. The summed E-state index contributed by atoms with van der Waals surface area (Å²) >= 11 is 0. The standard InChI is InChI=1S/C21H19NO5/c1-12(23)10-16(24)21(25)22-15-11-13-6-2-3-7-14(13)19-20(15)27-18-9-5-4-8-17(18)26-19/h2-9,11-12,16,23-24H,10H2,1H3,(H,22,25). The van der Waals surface area contributed by atoms with Crippen LogP contribution in [0.5, 0.6) is 23.0 Å². The number of amides is 1. The van der Waals surface area contributed by atoms with E-state index in [4.69, 9.17) is 9.47 Å². The summed E-state index contributed by atoms with van der Waals surface area (Å²) < 4.78 is 12.1. The van der Waals surface area contributed by atoms with Crippen LogP contribution in [-0.4, -0.2) is 28.3 Å². The van der Waals surface area contributed by atoms with Gasteiger partial charge in [-0.1, -0.05) is 36.4 Å². The summed E-state index contributed by atoms with van der Waals surface area (Å²) in [5.74, 6) is 1.40. The Bertz CT molecular complexity index is 1010. The molecule has 6 heteroatoms. The van der Waals surface area contributed by atoms with Crippen molar-refractivity contribution in [1.82, 2.24) is 0 Å². The fourth-order valence-electron chi connectivity index (χ4n) is 3.08. The van der Waals surface area contributed by atoms with Crippen LogP contribution in [0, 0.1) is 0 Å². The van der Waals surface area contributed by atoms with E-state index in [1.165, 1.54) is 6.92 Å². The predicted molar refractivity (Wildman–Crippen MR) is 101 cm³/mol. The second kappa shape index (κ2) is 6.90. The van der Waals surface area contributed by atoms with Gasteiger partial charge in [-0.2, -0.15) is 0 Å². The number of hydrogen-bond acceptors (Lipinski definition) is 5. The van der Waals surface area contributed by atoms with Crippen LogP contribution in [0.4, 0.5) is 5.69 Å². The zero-order valence-electron chi connectivity index (χ0n) is 14.7. The number of aliphatic hydroxyl groups is 2. The molecular weight excluding hydrogens is 346 g/mol. The molecule has 0 saturated carbocycles. The third-order valence-electron chi connectivity index (χ3n) is 4.35. The monoisotopic (exact) mass is 365 g/mol. The minimum Gasteiger partial charge on any atom is -0.449 e. The van der Waals surface area contributed by atoms with Gasteiger partial charge in [-0.25, -0.2) is 0 Å². The third kappa shape index (κ3) is 3.32. The van der Waals surface area contributed by atoms with Gasteiger partial charge in [-0.15, -0.1) is 0 Å². The number of rotatable bonds is 4. The number of benzene rings is 3. The first kappa shape index (κ1) is 17.3. The Kier molecular flexibility index (Phi) is 4.43. The highest BCUT2D eigenvalue weighted by atomic mass is 16.6. The Labute approximate surface area is 156 Å².